The molecule has 0 spiro atoms. The van der Waals surface area contributed by atoms with Crippen molar-refractivity contribution in [3.05, 3.63) is 64.7 Å². The number of nitrogens with zero attached hydrogens (tertiary/aromatic N) is 3. The summed E-state index contributed by atoms with van der Waals surface area (Å²) in [7, 11) is -3.31. The van der Waals surface area contributed by atoms with Crippen molar-refractivity contribution in [2.24, 2.45) is 0 Å². The van der Waals surface area contributed by atoms with Gasteiger partial charge in [-0.15, -0.1) is 0 Å². The van der Waals surface area contributed by atoms with E-state index in [-0.39, 0.29) is 23.2 Å². The Labute approximate surface area is 149 Å². The number of nitro benzene ring substituents is 1. The maximum Gasteiger partial charge on any atom is 0.329 e. The molecule has 0 aromatic heterocycles. The Morgan fingerprint density at radius 1 is 0.923 bits per heavy atom. The average molecular weight is 373 g/mol. The summed E-state index contributed by atoms with van der Waals surface area (Å²) in [5, 5.41) is 11.1. The van der Waals surface area contributed by atoms with E-state index in [4.69, 9.17) is 0 Å². The van der Waals surface area contributed by atoms with Gasteiger partial charge in [-0.2, -0.15) is 0 Å². The fourth-order valence-electron chi connectivity index (χ4n) is 3.65. The van der Waals surface area contributed by atoms with Gasteiger partial charge in [0.2, 0.25) is 0 Å². The number of hydrogen-bond acceptors (Lipinski definition) is 5. The standard InChI is InChI=1S/C17H15N3O5S/c21-17-18(12-5-2-1-3-6-12)15-10-26(24,25)11-16(15)19(17)13-7-4-8-14(9-13)20(22)23/h1-9,15-16H,10-11H2/t15-,16+/m1/s1. The van der Waals surface area contributed by atoms with Crippen LogP contribution >= 0.6 is 0 Å². The number of benzene rings is 2. The van der Waals surface area contributed by atoms with Crippen molar-refractivity contribution in [2.75, 3.05) is 21.3 Å². The first-order chi connectivity index (χ1) is 12.4. The Morgan fingerprint density at radius 3 is 2.12 bits per heavy atom. The molecule has 2 aliphatic rings. The molecule has 2 saturated heterocycles. The molecule has 8 nitrogen and oxygen atoms in total. The first kappa shape index (κ1) is 16.5. The molecule has 26 heavy (non-hydrogen) atoms. The molecule has 0 unspecified atom stereocenters. The highest BCUT2D eigenvalue weighted by atomic mass is 32.2. The third-order valence-corrected chi connectivity index (χ3v) is 6.42. The van der Waals surface area contributed by atoms with Crippen LogP contribution in [0.5, 0.6) is 0 Å². The lowest BCUT2D eigenvalue weighted by Gasteiger charge is -2.22. The van der Waals surface area contributed by atoms with Crippen molar-refractivity contribution in [2.45, 2.75) is 12.1 Å². The quantitative estimate of drug-likeness (QED) is 0.466. The van der Waals surface area contributed by atoms with E-state index in [9.17, 15) is 23.3 Å². The first-order valence-electron chi connectivity index (χ1n) is 8.00. The largest absolute Gasteiger partial charge is 0.329 e. The van der Waals surface area contributed by atoms with Crippen LogP contribution in [0.15, 0.2) is 54.6 Å². The van der Waals surface area contributed by atoms with Crippen LogP contribution in [0.2, 0.25) is 0 Å². The van der Waals surface area contributed by atoms with E-state index in [1.807, 2.05) is 6.07 Å². The summed E-state index contributed by atoms with van der Waals surface area (Å²) in [6.07, 6.45) is 0. The molecule has 0 bridgehead atoms. The van der Waals surface area contributed by atoms with E-state index in [1.54, 1.807) is 30.3 Å². The fourth-order valence-corrected chi connectivity index (χ4v) is 5.57. The summed E-state index contributed by atoms with van der Waals surface area (Å²) >= 11 is 0. The topological polar surface area (TPSA) is 101 Å². The number of rotatable bonds is 3. The lowest BCUT2D eigenvalue weighted by atomic mass is 10.1. The van der Waals surface area contributed by atoms with Crippen LogP contribution in [0.3, 0.4) is 0 Å². The van der Waals surface area contributed by atoms with Gasteiger partial charge in [0.05, 0.1) is 34.2 Å². The van der Waals surface area contributed by atoms with Crippen LogP contribution in [0, 0.1) is 10.1 Å². The molecule has 9 heteroatoms. The summed E-state index contributed by atoms with van der Waals surface area (Å²) in [6.45, 7) is 0. The Morgan fingerprint density at radius 2 is 1.50 bits per heavy atom. The highest BCUT2D eigenvalue weighted by Gasteiger charge is 2.54. The predicted molar refractivity (Wildman–Crippen MR) is 96.1 cm³/mol. The predicted octanol–water partition coefficient (Wildman–Crippen LogP) is 2.21. The fraction of sp³-hybridized carbons (Fsp3) is 0.235. The van der Waals surface area contributed by atoms with Gasteiger partial charge in [0.15, 0.2) is 9.84 Å². The molecule has 2 aromatic carbocycles. The molecule has 0 saturated carbocycles. The van der Waals surface area contributed by atoms with Crippen LogP contribution in [0.25, 0.3) is 0 Å². The lowest BCUT2D eigenvalue weighted by molar-refractivity contribution is -0.384. The molecule has 0 N–H and O–H groups in total. The Balaban J connectivity index is 1.81. The normalized spacial score (nSPS) is 23.9. The average Bonchev–Trinajstić information content (AvgIpc) is 3.04. The number of non-ortho nitro benzene ring substituents is 1. The van der Waals surface area contributed by atoms with Gasteiger partial charge in [-0.25, -0.2) is 13.2 Å². The molecular formula is C17H15N3O5S. The van der Waals surface area contributed by atoms with E-state index in [0.29, 0.717) is 11.4 Å². The Hall–Kier alpha value is -2.94. The van der Waals surface area contributed by atoms with E-state index < -0.39 is 26.8 Å². The third kappa shape index (κ3) is 2.60. The minimum Gasteiger partial charge on any atom is -0.288 e. The number of amides is 2. The summed E-state index contributed by atoms with van der Waals surface area (Å²) in [6, 6.07) is 13.1. The van der Waals surface area contributed by atoms with Crippen LogP contribution in [0.1, 0.15) is 0 Å². The second-order valence-electron chi connectivity index (χ2n) is 6.35. The first-order valence-corrected chi connectivity index (χ1v) is 9.82. The summed E-state index contributed by atoms with van der Waals surface area (Å²) in [5.41, 5.74) is 0.790. The van der Waals surface area contributed by atoms with Gasteiger partial charge in [-0.3, -0.25) is 19.9 Å². The molecule has 0 radical (unpaired) electrons. The van der Waals surface area contributed by atoms with E-state index in [0.717, 1.165) is 0 Å². The molecule has 2 fully saturated rings. The van der Waals surface area contributed by atoms with Crippen LogP contribution in [-0.2, 0) is 9.84 Å². The van der Waals surface area contributed by atoms with Crippen LogP contribution in [0.4, 0.5) is 21.9 Å². The second-order valence-corrected chi connectivity index (χ2v) is 8.50. The SMILES string of the molecule is O=C1N(c2ccccc2)[C@@H]2CS(=O)(=O)C[C@@H]2N1c1cccc([N+](=O)[O-])c1. The van der Waals surface area contributed by atoms with Crippen molar-refractivity contribution >= 4 is 32.9 Å². The highest BCUT2D eigenvalue weighted by molar-refractivity contribution is 7.91. The zero-order chi connectivity index (χ0) is 18.5. The van der Waals surface area contributed by atoms with Crippen molar-refractivity contribution in [3.63, 3.8) is 0 Å². The molecule has 2 amide bonds. The van der Waals surface area contributed by atoms with Crippen LogP contribution in [-0.4, -0.2) is 43.0 Å². The number of anilines is 2. The zero-order valence-electron chi connectivity index (χ0n) is 13.6. The molecule has 2 aliphatic heterocycles. The van der Waals surface area contributed by atoms with Gasteiger partial charge in [-0.1, -0.05) is 24.3 Å². The molecule has 2 atom stereocenters. The molecular weight excluding hydrogens is 358 g/mol. The number of para-hydroxylation sites is 1. The zero-order valence-corrected chi connectivity index (χ0v) is 14.4. The van der Waals surface area contributed by atoms with Gasteiger partial charge in [0.25, 0.3) is 5.69 Å². The number of carbonyl (C=O) groups is 1. The Bertz CT molecular complexity index is 992. The van der Waals surface area contributed by atoms with Crippen LogP contribution < -0.4 is 9.80 Å². The minimum absolute atomic E-state index is 0.121. The van der Waals surface area contributed by atoms with Crippen molar-refractivity contribution in [1.82, 2.24) is 0 Å². The number of fused-ring (bicyclic) bond motifs is 1. The molecule has 2 aromatic rings. The number of hydrogen-bond donors (Lipinski definition) is 0. The van der Waals surface area contributed by atoms with Gasteiger partial charge in [0.1, 0.15) is 0 Å². The molecule has 134 valence electrons. The van der Waals surface area contributed by atoms with E-state index in [1.165, 1.54) is 28.0 Å². The van der Waals surface area contributed by atoms with Gasteiger partial charge in [0, 0.05) is 17.8 Å². The van der Waals surface area contributed by atoms with Gasteiger partial charge < -0.3 is 0 Å². The molecule has 4 rings (SSSR count). The molecule has 2 heterocycles. The van der Waals surface area contributed by atoms with Gasteiger partial charge >= 0.3 is 6.03 Å². The maximum absolute atomic E-state index is 13.1. The minimum atomic E-state index is -3.31. The van der Waals surface area contributed by atoms with Gasteiger partial charge in [-0.05, 0) is 18.2 Å². The van der Waals surface area contributed by atoms with Crippen molar-refractivity contribution in [1.29, 1.82) is 0 Å². The third-order valence-electron chi connectivity index (χ3n) is 4.72. The number of urea groups is 1. The monoisotopic (exact) mass is 373 g/mol. The number of carbonyl (C=O) groups excluding carboxylic acids is 1. The smallest absolute Gasteiger partial charge is 0.288 e. The van der Waals surface area contributed by atoms with Crippen molar-refractivity contribution < 1.29 is 18.1 Å². The highest BCUT2D eigenvalue weighted by Crippen LogP contribution is 2.38. The summed E-state index contributed by atoms with van der Waals surface area (Å²) in [5.74, 6) is -0.279. The second kappa shape index (κ2) is 5.80. The maximum atomic E-state index is 13.1. The summed E-state index contributed by atoms with van der Waals surface area (Å²) in [4.78, 5) is 26.5. The Kier molecular flexibility index (Phi) is 3.69. The number of nitro groups is 1. The lowest BCUT2D eigenvalue weighted by Crippen LogP contribution is -2.37. The van der Waals surface area contributed by atoms with E-state index >= 15 is 0 Å². The molecule has 0 aliphatic carbocycles. The van der Waals surface area contributed by atoms with Crippen molar-refractivity contribution in [3.8, 4) is 0 Å². The summed E-state index contributed by atoms with van der Waals surface area (Å²) < 4.78 is 24.4. The van der Waals surface area contributed by atoms with E-state index in [2.05, 4.69) is 0 Å². The number of sulfone groups is 1.